The summed E-state index contributed by atoms with van der Waals surface area (Å²) in [4.78, 5) is 0. The Bertz CT molecular complexity index is 386. The van der Waals surface area contributed by atoms with Crippen LogP contribution < -0.4 is 5.32 Å². The second-order valence-electron chi connectivity index (χ2n) is 4.27. The van der Waals surface area contributed by atoms with Crippen molar-refractivity contribution in [2.24, 2.45) is 5.92 Å². The average Bonchev–Trinajstić information content (AvgIpc) is 3.02. The third-order valence-corrected chi connectivity index (χ3v) is 2.95. The monoisotopic (exact) mass is 200 g/mol. The molecule has 0 spiro atoms. The lowest BCUT2D eigenvalue weighted by molar-refractivity contribution is 0.760. The van der Waals surface area contributed by atoms with Gasteiger partial charge in [-0.1, -0.05) is 25.0 Å². The van der Waals surface area contributed by atoms with Crippen molar-refractivity contribution in [1.29, 1.82) is 5.26 Å². The van der Waals surface area contributed by atoms with Crippen LogP contribution in [0.25, 0.3) is 0 Å². The molecule has 0 aromatic heterocycles. The molecule has 2 nitrogen and oxygen atoms in total. The van der Waals surface area contributed by atoms with Gasteiger partial charge in [0.05, 0.1) is 11.3 Å². The average molecular weight is 200 g/mol. The lowest BCUT2D eigenvalue weighted by Crippen LogP contribution is -2.04. The van der Waals surface area contributed by atoms with E-state index in [1.165, 1.54) is 19.3 Å². The fraction of sp³-hybridized carbons (Fsp3) is 0.462. The number of hydrogen-bond acceptors (Lipinski definition) is 2. The highest BCUT2D eigenvalue weighted by Crippen LogP contribution is 2.32. The van der Waals surface area contributed by atoms with Crippen LogP contribution in [0.2, 0.25) is 0 Å². The first-order valence-corrected chi connectivity index (χ1v) is 5.55. The van der Waals surface area contributed by atoms with Crippen LogP contribution in [0.5, 0.6) is 0 Å². The molecule has 2 heteroatoms. The summed E-state index contributed by atoms with van der Waals surface area (Å²) >= 11 is 0. The number of nitriles is 1. The first-order valence-electron chi connectivity index (χ1n) is 5.55. The second-order valence-corrected chi connectivity index (χ2v) is 4.27. The van der Waals surface area contributed by atoms with Crippen molar-refractivity contribution in [1.82, 2.24) is 0 Å². The molecule has 78 valence electrons. The van der Waals surface area contributed by atoms with Gasteiger partial charge < -0.3 is 5.32 Å². The minimum atomic E-state index is 0.785. The minimum absolute atomic E-state index is 0.785. The van der Waals surface area contributed by atoms with Crippen molar-refractivity contribution >= 4 is 5.69 Å². The van der Waals surface area contributed by atoms with Crippen molar-refractivity contribution in [3.05, 3.63) is 29.3 Å². The van der Waals surface area contributed by atoms with Crippen LogP contribution in [0.4, 0.5) is 5.69 Å². The first kappa shape index (κ1) is 10.0. The minimum Gasteiger partial charge on any atom is -0.384 e. The van der Waals surface area contributed by atoms with Crippen LogP contribution in [-0.4, -0.2) is 6.54 Å². The normalized spacial score (nSPS) is 14.7. The maximum Gasteiger partial charge on any atom is 0.102 e. The highest BCUT2D eigenvalue weighted by atomic mass is 14.9. The van der Waals surface area contributed by atoms with Gasteiger partial charge in [-0.15, -0.1) is 0 Å². The molecule has 0 radical (unpaired) electrons. The Morgan fingerprint density at radius 2 is 2.27 bits per heavy atom. The summed E-state index contributed by atoms with van der Waals surface area (Å²) in [6, 6.07) is 8.21. The van der Waals surface area contributed by atoms with Crippen LogP contribution in [0.15, 0.2) is 18.2 Å². The number of hydrogen-bond donors (Lipinski definition) is 1. The summed E-state index contributed by atoms with van der Waals surface area (Å²) in [6.07, 6.45) is 4.01. The van der Waals surface area contributed by atoms with Crippen molar-refractivity contribution in [2.75, 3.05) is 11.9 Å². The van der Waals surface area contributed by atoms with Crippen LogP contribution in [-0.2, 0) is 0 Å². The molecule has 1 aliphatic rings. The summed E-state index contributed by atoms with van der Waals surface area (Å²) in [7, 11) is 0. The molecule has 1 saturated carbocycles. The number of anilines is 1. The molecule has 0 atom stereocenters. The van der Waals surface area contributed by atoms with Gasteiger partial charge >= 0.3 is 0 Å². The van der Waals surface area contributed by atoms with E-state index in [1.807, 2.05) is 25.1 Å². The molecule has 0 saturated heterocycles. The summed E-state index contributed by atoms with van der Waals surface area (Å²) < 4.78 is 0. The van der Waals surface area contributed by atoms with Gasteiger partial charge in [0, 0.05) is 6.54 Å². The van der Waals surface area contributed by atoms with E-state index < -0.39 is 0 Å². The molecule has 2 rings (SSSR count). The Hall–Kier alpha value is -1.49. The SMILES string of the molecule is Cc1cccc(NCCC2CC2)c1C#N. The molecule has 0 heterocycles. The summed E-state index contributed by atoms with van der Waals surface area (Å²) in [5, 5.41) is 12.4. The summed E-state index contributed by atoms with van der Waals surface area (Å²) in [5.41, 5.74) is 2.82. The first-order chi connectivity index (χ1) is 7.31. The van der Waals surface area contributed by atoms with Gasteiger partial charge in [0.15, 0.2) is 0 Å². The van der Waals surface area contributed by atoms with Gasteiger partial charge in [-0.2, -0.15) is 5.26 Å². The highest BCUT2D eigenvalue weighted by molar-refractivity contribution is 5.60. The number of benzene rings is 1. The van der Waals surface area contributed by atoms with Gasteiger partial charge in [-0.05, 0) is 30.9 Å². The van der Waals surface area contributed by atoms with Crippen molar-refractivity contribution in [3.63, 3.8) is 0 Å². The van der Waals surface area contributed by atoms with E-state index in [9.17, 15) is 0 Å². The second kappa shape index (κ2) is 4.35. The van der Waals surface area contributed by atoms with Crippen molar-refractivity contribution in [2.45, 2.75) is 26.2 Å². The molecule has 1 aromatic carbocycles. The highest BCUT2D eigenvalue weighted by Gasteiger charge is 2.20. The van der Waals surface area contributed by atoms with E-state index in [1.54, 1.807) is 0 Å². The molecule has 1 N–H and O–H groups in total. The topological polar surface area (TPSA) is 35.8 Å². The van der Waals surface area contributed by atoms with Gasteiger partial charge in [-0.25, -0.2) is 0 Å². The molecule has 0 amide bonds. The largest absolute Gasteiger partial charge is 0.384 e. The lowest BCUT2D eigenvalue weighted by atomic mass is 10.1. The number of nitrogens with zero attached hydrogens (tertiary/aromatic N) is 1. The maximum atomic E-state index is 9.03. The Labute approximate surface area is 90.9 Å². The third kappa shape index (κ3) is 2.50. The number of rotatable bonds is 4. The van der Waals surface area contributed by atoms with E-state index in [-0.39, 0.29) is 0 Å². The van der Waals surface area contributed by atoms with E-state index in [4.69, 9.17) is 5.26 Å². The van der Waals surface area contributed by atoms with Crippen LogP contribution in [0.1, 0.15) is 30.4 Å². The molecule has 1 aliphatic carbocycles. The Kier molecular flexibility index (Phi) is 2.91. The van der Waals surface area contributed by atoms with Gasteiger partial charge in [0.1, 0.15) is 6.07 Å². The lowest BCUT2D eigenvalue weighted by Gasteiger charge is -2.09. The summed E-state index contributed by atoms with van der Waals surface area (Å²) in [6.45, 7) is 2.97. The Morgan fingerprint density at radius 3 is 2.93 bits per heavy atom. The molecule has 1 fully saturated rings. The smallest absolute Gasteiger partial charge is 0.102 e. The predicted molar refractivity (Wildman–Crippen MR) is 61.7 cm³/mol. The van der Waals surface area contributed by atoms with Crippen molar-refractivity contribution in [3.8, 4) is 6.07 Å². The molecule has 0 unspecified atom stereocenters. The fourth-order valence-electron chi connectivity index (χ4n) is 1.78. The van der Waals surface area contributed by atoms with E-state index in [0.717, 1.165) is 29.3 Å². The molecular formula is C13H16N2. The van der Waals surface area contributed by atoms with Gasteiger partial charge in [-0.3, -0.25) is 0 Å². The van der Waals surface area contributed by atoms with E-state index in [2.05, 4.69) is 11.4 Å². The number of nitrogens with one attached hydrogen (secondary N) is 1. The quantitative estimate of drug-likeness (QED) is 0.810. The predicted octanol–water partition coefficient (Wildman–Crippen LogP) is 3.08. The van der Waals surface area contributed by atoms with Crippen LogP contribution in [0.3, 0.4) is 0 Å². The maximum absolute atomic E-state index is 9.03. The molecule has 15 heavy (non-hydrogen) atoms. The molecule has 1 aromatic rings. The van der Waals surface area contributed by atoms with Gasteiger partial charge in [0.2, 0.25) is 0 Å². The van der Waals surface area contributed by atoms with E-state index in [0.29, 0.717) is 0 Å². The number of aryl methyl sites for hydroxylation is 1. The van der Waals surface area contributed by atoms with Crippen molar-refractivity contribution < 1.29 is 0 Å². The Morgan fingerprint density at radius 1 is 1.47 bits per heavy atom. The zero-order valence-electron chi connectivity index (χ0n) is 9.09. The standard InChI is InChI=1S/C13H16N2/c1-10-3-2-4-13(12(10)9-14)15-8-7-11-5-6-11/h2-4,11,15H,5-8H2,1H3. The van der Waals surface area contributed by atoms with E-state index >= 15 is 0 Å². The molecular weight excluding hydrogens is 184 g/mol. The van der Waals surface area contributed by atoms with Crippen LogP contribution >= 0.6 is 0 Å². The Balaban J connectivity index is 1.99. The molecule has 0 bridgehead atoms. The zero-order valence-corrected chi connectivity index (χ0v) is 9.09. The van der Waals surface area contributed by atoms with Gasteiger partial charge in [0.25, 0.3) is 0 Å². The van der Waals surface area contributed by atoms with Crippen LogP contribution in [0, 0.1) is 24.2 Å². The summed E-state index contributed by atoms with van der Waals surface area (Å²) in [5.74, 6) is 0.938. The third-order valence-electron chi connectivity index (χ3n) is 2.95. The molecule has 0 aliphatic heterocycles. The fourth-order valence-corrected chi connectivity index (χ4v) is 1.78. The zero-order chi connectivity index (χ0) is 10.7.